The Morgan fingerprint density at radius 3 is 2.58 bits per heavy atom. The largest absolute Gasteiger partial charge is 0.436 e. The number of oxazole rings is 1. The molecule has 0 saturated heterocycles. The Bertz CT molecular complexity index is 765. The summed E-state index contributed by atoms with van der Waals surface area (Å²) in [6, 6.07) is 13.5. The Hall–Kier alpha value is -1.47. The number of thiocarbonyl (C=S) groups is 1. The van der Waals surface area contributed by atoms with Gasteiger partial charge in [-0.05, 0) is 65.1 Å². The number of nitrogens with two attached hydrogens (primary N) is 1. The van der Waals surface area contributed by atoms with Gasteiger partial charge in [0.1, 0.15) is 10.5 Å². The highest BCUT2D eigenvalue weighted by Gasteiger charge is 2.09. The molecular formula is C14H9IN2OS. The van der Waals surface area contributed by atoms with Gasteiger partial charge in [-0.15, -0.1) is 0 Å². The molecule has 3 rings (SSSR count). The number of hydrogen-bond acceptors (Lipinski definition) is 3. The van der Waals surface area contributed by atoms with Gasteiger partial charge in [-0.2, -0.15) is 0 Å². The zero-order valence-corrected chi connectivity index (χ0v) is 12.7. The van der Waals surface area contributed by atoms with E-state index in [0.29, 0.717) is 10.9 Å². The lowest BCUT2D eigenvalue weighted by atomic mass is 10.2. The van der Waals surface area contributed by atoms with Crippen molar-refractivity contribution in [2.24, 2.45) is 5.73 Å². The predicted octanol–water partition coefficient (Wildman–Crippen LogP) is 3.73. The molecule has 0 spiro atoms. The van der Waals surface area contributed by atoms with E-state index >= 15 is 0 Å². The van der Waals surface area contributed by atoms with Gasteiger partial charge in [-0.1, -0.05) is 12.2 Å². The fourth-order valence-electron chi connectivity index (χ4n) is 1.80. The lowest BCUT2D eigenvalue weighted by molar-refractivity contribution is 0.620. The van der Waals surface area contributed by atoms with Gasteiger partial charge in [-0.25, -0.2) is 4.98 Å². The minimum absolute atomic E-state index is 0.362. The molecule has 0 bridgehead atoms. The van der Waals surface area contributed by atoms with Gasteiger partial charge >= 0.3 is 0 Å². The van der Waals surface area contributed by atoms with Crippen molar-refractivity contribution in [1.29, 1.82) is 0 Å². The molecule has 0 fully saturated rings. The van der Waals surface area contributed by atoms with Crippen LogP contribution in [-0.2, 0) is 0 Å². The maximum atomic E-state index is 5.73. The van der Waals surface area contributed by atoms with Crippen LogP contribution >= 0.6 is 34.8 Å². The van der Waals surface area contributed by atoms with E-state index in [9.17, 15) is 0 Å². The summed E-state index contributed by atoms with van der Waals surface area (Å²) < 4.78 is 6.91. The maximum absolute atomic E-state index is 5.73. The molecule has 0 saturated carbocycles. The first-order chi connectivity index (χ1) is 9.13. The smallest absolute Gasteiger partial charge is 0.227 e. The minimum Gasteiger partial charge on any atom is -0.436 e. The molecule has 1 aromatic heterocycles. The SMILES string of the molecule is NC(=S)c1ccc2oc(-c3ccc(I)cc3)nc2c1. The third-order valence-electron chi connectivity index (χ3n) is 2.76. The second-order valence-electron chi connectivity index (χ2n) is 4.07. The summed E-state index contributed by atoms with van der Waals surface area (Å²) in [4.78, 5) is 4.83. The van der Waals surface area contributed by atoms with E-state index in [1.807, 2.05) is 42.5 Å². The summed E-state index contributed by atoms with van der Waals surface area (Å²) in [6.07, 6.45) is 0. The number of aromatic nitrogens is 1. The van der Waals surface area contributed by atoms with Gasteiger partial charge in [0, 0.05) is 14.7 Å². The summed E-state index contributed by atoms with van der Waals surface area (Å²) in [6.45, 7) is 0. The summed E-state index contributed by atoms with van der Waals surface area (Å²) in [5, 5.41) is 0. The first-order valence-corrected chi connectivity index (χ1v) is 7.08. The van der Waals surface area contributed by atoms with Crippen molar-refractivity contribution in [2.45, 2.75) is 0 Å². The normalized spacial score (nSPS) is 10.8. The van der Waals surface area contributed by atoms with E-state index in [0.717, 1.165) is 22.2 Å². The topological polar surface area (TPSA) is 52.0 Å². The number of nitrogens with zero attached hydrogens (tertiary/aromatic N) is 1. The van der Waals surface area contributed by atoms with Crippen molar-refractivity contribution >= 4 is 50.9 Å². The number of benzene rings is 2. The average molecular weight is 380 g/mol. The van der Waals surface area contributed by atoms with E-state index in [1.54, 1.807) is 0 Å². The molecule has 1 heterocycles. The van der Waals surface area contributed by atoms with Crippen molar-refractivity contribution in [3.8, 4) is 11.5 Å². The van der Waals surface area contributed by atoms with E-state index in [2.05, 4.69) is 27.6 Å². The first kappa shape index (κ1) is 12.6. The Labute approximate surface area is 129 Å². The molecule has 0 atom stereocenters. The summed E-state index contributed by atoms with van der Waals surface area (Å²) >= 11 is 7.22. The van der Waals surface area contributed by atoms with Gasteiger partial charge in [0.25, 0.3) is 0 Å². The molecule has 5 heteroatoms. The Morgan fingerprint density at radius 1 is 1.16 bits per heavy atom. The van der Waals surface area contributed by atoms with Gasteiger partial charge in [0.2, 0.25) is 5.89 Å². The standard InChI is InChI=1S/C14H9IN2OS/c15-10-4-1-8(2-5-10)14-17-11-7-9(13(16)19)3-6-12(11)18-14/h1-7H,(H2,16,19). The van der Waals surface area contributed by atoms with Gasteiger partial charge in [0.15, 0.2) is 5.58 Å². The van der Waals surface area contributed by atoms with Crippen LogP contribution in [0.1, 0.15) is 5.56 Å². The molecule has 0 amide bonds. The predicted molar refractivity (Wildman–Crippen MR) is 88.0 cm³/mol. The molecule has 0 radical (unpaired) electrons. The highest BCUT2D eigenvalue weighted by molar-refractivity contribution is 14.1. The fourth-order valence-corrected chi connectivity index (χ4v) is 2.28. The zero-order chi connectivity index (χ0) is 13.4. The number of hydrogen-bond donors (Lipinski definition) is 1. The van der Waals surface area contributed by atoms with Crippen molar-refractivity contribution in [2.75, 3.05) is 0 Å². The third kappa shape index (κ3) is 2.48. The van der Waals surface area contributed by atoms with Gasteiger partial charge in [0.05, 0.1) is 0 Å². The molecule has 2 aromatic carbocycles. The molecule has 0 unspecified atom stereocenters. The van der Waals surface area contributed by atoms with Gasteiger partial charge < -0.3 is 10.2 Å². The van der Waals surface area contributed by atoms with Crippen molar-refractivity contribution in [1.82, 2.24) is 4.98 Å². The lowest BCUT2D eigenvalue weighted by Gasteiger charge is -1.94. The van der Waals surface area contributed by atoms with E-state index in [1.165, 1.54) is 3.57 Å². The van der Waals surface area contributed by atoms with Crippen LogP contribution in [0.15, 0.2) is 46.9 Å². The van der Waals surface area contributed by atoms with Crippen molar-refractivity contribution in [3.63, 3.8) is 0 Å². The molecule has 3 aromatic rings. The minimum atomic E-state index is 0.362. The van der Waals surface area contributed by atoms with Crippen LogP contribution in [0.5, 0.6) is 0 Å². The molecule has 0 aliphatic heterocycles. The zero-order valence-electron chi connectivity index (χ0n) is 9.76. The van der Waals surface area contributed by atoms with Crippen LogP contribution < -0.4 is 5.73 Å². The lowest BCUT2D eigenvalue weighted by Crippen LogP contribution is -2.08. The summed E-state index contributed by atoms with van der Waals surface area (Å²) in [7, 11) is 0. The molecule has 3 nitrogen and oxygen atoms in total. The molecular weight excluding hydrogens is 371 g/mol. The van der Waals surface area contributed by atoms with Crippen LogP contribution in [0.4, 0.5) is 0 Å². The van der Waals surface area contributed by atoms with Crippen LogP contribution in [0, 0.1) is 3.57 Å². The van der Waals surface area contributed by atoms with E-state index in [-0.39, 0.29) is 0 Å². The molecule has 0 aliphatic rings. The number of fused-ring (bicyclic) bond motifs is 1. The molecule has 0 aliphatic carbocycles. The number of halogens is 1. The average Bonchev–Trinajstić information content (AvgIpc) is 2.82. The van der Waals surface area contributed by atoms with Crippen molar-refractivity contribution in [3.05, 3.63) is 51.6 Å². The highest BCUT2D eigenvalue weighted by Crippen LogP contribution is 2.25. The summed E-state index contributed by atoms with van der Waals surface area (Å²) in [5.41, 5.74) is 8.85. The number of rotatable bonds is 2. The van der Waals surface area contributed by atoms with Crippen LogP contribution in [0.2, 0.25) is 0 Å². The van der Waals surface area contributed by atoms with E-state index < -0.39 is 0 Å². The second kappa shape index (κ2) is 4.90. The van der Waals surface area contributed by atoms with E-state index in [4.69, 9.17) is 22.4 Å². The highest BCUT2D eigenvalue weighted by atomic mass is 127. The van der Waals surface area contributed by atoms with Crippen LogP contribution in [-0.4, -0.2) is 9.97 Å². The Balaban J connectivity index is 2.11. The van der Waals surface area contributed by atoms with Crippen LogP contribution in [0.25, 0.3) is 22.6 Å². The molecule has 2 N–H and O–H groups in total. The fraction of sp³-hybridized carbons (Fsp3) is 0. The van der Waals surface area contributed by atoms with Gasteiger partial charge in [-0.3, -0.25) is 0 Å². The Morgan fingerprint density at radius 2 is 1.89 bits per heavy atom. The first-order valence-electron chi connectivity index (χ1n) is 5.60. The van der Waals surface area contributed by atoms with Crippen LogP contribution in [0.3, 0.4) is 0 Å². The van der Waals surface area contributed by atoms with Crippen molar-refractivity contribution < 1.29 is 4.42 Å². The molecule has 94 valence electrons. The quantitative estimate of drug-likeness (QED) is 0.544. The maximum Gasteiger partial charge on any atom is 0.227 e. The Kier molecular flexibility index (Phi) is 3.24. The third-order valence-corrected chi connectivity index (χ3v) is 3.72. The molecule has 19 heavy (non-hydrogen) atoms. The second-order valence-corrected chi connectivity index (χ2v) is 5.76. The summed E-state index contributed by atoms with van der Waals surface area (Å²) in [5.74, 6) is 0.603. The monoisotopic (exact) mass is 380 g/mol.